The molecule has 0 aromatic rings. The molecule has 2 radical (unpaired) electrons. The van der Waals surface area contributed by atoms with Crippen LogP contribution in [-0.4, -0.2) is 73.8 Å². The predicted molar refractivity (Wildman–Crippen MR) is 96.2 cm³/mol. The van der Waals surface area contributed by atoms with Crippen molar-refractivity contribution in [3.8, 4) is 0 Å². The molecule has 3 unspecified atom stereocenters. The van der Waals surface area contributed by atoms with Crippen LogP contribution in [0.2, 0.25) is 0 Å². The number of halogens is 1. The molecule has 0 aliphatic carbocycles. The normalized spacial score (nSPS) is 40.3. The first-order chi connectivity index (χ1) is 10.8. The van der Waals surface area contributed by atoms with Crippen molar-refractivity contribution in [3.05, 3.63) is 0 Å². The molecule has 2 aliphatic rings. The Morgan fingerprint density at radius 1 is 1.30 bits per heavy atom. The van der Waals surface area contributed by atoms with Crippen LogP contribution < -0.4 is 0 Å². The lowest BCUT2D eigenvalue weighted by Gasteiger charge is -2.22. The topological polar surface area (TPSA) is 83.5 Å². The summed E-state index contributed by atoms with van der Waals surface area (Å²) in [7, 11) is 8.86. The molecule has 1 N–H and O–H groups in total. The lowest BCUT2D eigenvalue weighted by Crippen LogP contribution is -2.28. The minimum Gasteiger partial charge on any atom is -0.382 e. The van der Waals surface area contributed by atoms with Crippen molar-refractivity contribution in [2.24, 2.45) is 0 Å². The van der Waals surface area contributed by atoms with Crippen LogP contribution in [0.4, 0.5) is 0 Å². The van der Waals surface area contributed by atoms with Crippen LogP contribution in [0, 0.1) is 0 Å². The third-order valence-corrected chi connectivity index (χ3v) is 7.52. The van der Waals surface area contributed by atoms with Gasteiger partial charge in [-0.1, -0.05) is 22.6 Å². The molecule has 0 spiro atoms. The largest absolute Gasteiger partial charge is 0.387 e. The van der Waals surface area contributed by atoms with E-state index >= 15 is 0 Å². The fourth-order valence-corrected chi connectivity index (χ4v) is 6.25. The Kier molecular flexibility index (Phi) is 8.16. The van der Waals surface area contributed by atoms with E-state index in [1.165, 1.54) is 7.11 Å². The highest BCUT2D eigenvalue weighted by molar-refractivity contribution is 14.1. The van der Waals surface area contributed by atoms with Gasteiger partial charge in [-0.25, -0.2) is 4.57 Å². The van der Waals surface area contributed by atoms with Gasteiger partial charge >= 0.3 is 6.80 Å². The monoisotopic (exact) mass is 478 g/mol. The quantitative estimate of drug-likeness (QED) is 0.245. The summed E-state index contributed by atoms with van der Waals surface area (Å²) in [5, 5.41) is 0. The van der Waals surface area contributed by atoms with E-state index in [0.717, 1.165) is 17.8 Å². The summed E-state index contributed by atoms with van der Waals surface area (Å²) in [5.74, 6) is 0.320. The van der Waals surface area contributed by atoms with E-state index in [4.69, 9.17) is 31.3 Å². The van der Waals surface area contributed by atoms with Crippen LogP contribution in [0.5, 0.6) is 0 Å². The molecule has 2 aliphatic heterocycles. The number of rotatable bonds is 8. The molecule has 11 heteroatoms. The van der Waals surface area contributed by atoms with Gasteiger partial charge in [0.1, 0.15) is 18.1 Å². The summed E-state index contributed by atoms with van der Waals surface area (Å²) in [5.41, 5.74) is 0. The Morgan fingerprint density at radius 3 is 2.70 bits per heavy atom. The molecular weight excluding hydrogens is 457 g/mol. The average Bonchev–Trinajstić information content (AvgIpc) is 2.99. The van der Waals surface area contributed by atoms with E-state index in [2.05, 4.69) is 22.6 Å². The molecule has 2 saturated heterocycles. The van der Waals surface area contributed by atoms with Gasteiger partial charge in [0.05, 0.1) is 24.9 Å². The highest BCUT2D eigenvalue weighted by Crippen LogP contribution is 2.58. The first kappa shape index (κ1) is 20.4. The van der Waals surface area contributed by atoms with E-state index in [-0.39, 0.29) is 22.9 Å². The first-order valence-corrected chi connectivity index (χ1v) is 11.6. The van der Waals surface area contributed by atoms with Crippen molar-refractivity contribution in [3.63, 3.8) is 0 Å². The fourth-order valence-electron chi connectivity index (χ4n) is 2.60. The zero-order chi connectivity index (χ0) is 17.0. The standard InChI is InChI=1S/C12H21BIO7PS/c1-17-5-9-8(3-11(13)19-9)21-22(15,16)23-6-10-7(18-2)4-12(14)20-10/h7-12H,3-6H2,1-2H3,(H,15,16)/t7-,8-,9?,10?,11-,12-/m1/s1. The number of alkyl halides is 1. The van der Waals surface area contributed by atoms with Crippen LogP contribution in [0.1, 0.15) is 12.8 Å². The van der Waals surface area contributed by atoms with Crippen LogP contribution >= 0.6 is 40.8 Å². The molecule has 0 saturated carbocycles. The lowest BCUT2D eigenvalue weighted by atomic mass is 9.96. The van der Waals surface area contributed by atoms with Crippen molar-refractivity contribution >= 4 is 48.6 Å². The molecule has 0 aromatic heterocycles. The maximum absolute atomic E-state index is 12.3. The summed E-state index contributed by atoms with van der Waals surface area (Å²) in [6, 6.07) is -0.513. The van der Waals surface area contributed by atoms with Crippen LogP contribution in [0.3, 0.4) is 0 Å². The Labute approximate surface area is 155 Å². The van der Waals surface area contributed by atoms with E-state index in [0.29, 0.717) is 12.2 Å². The van der Waals surface area contributed by atoms with Gasteiger partial charge in [0.2, 0.25) is 0 Å². The molecular formula is C12H21BIO7PS. The highest BCUT2D eigenvalue weighted by Gasteiger charge is 2.40. The molecule has 2 fully saturated rings. The third-order valence-electron chi connectivity index (χ3n) is 3.69. The van der Waals surface area contributed by atoms with E-state index < -0.39 is 25.0 Å². The number of ether oxygens (including phenoxy) is 4. The molecule has 0 bridgehead atoms. The molecule has 0 aromatic carbocycles. The zero-order valence-corrected chi connectivity index (χ0v) is 16.9. The average molecular weight is 478 g/mol. The van der Waals surface area contributed by atoms with E-state index in [1.807, 2.05) is 0 Å². The molecule has 2 rings (SSSR count). The predicted octanol–water partition coefficient (Wildman–Crippen LogP) is 1.70. The Balaban J connectivity index is 1.85. The summed E-state index contributed by atoms with van der Waals surface area (Å²) >= 11 is 3.03. The summed E-state index contributed by atoms with van der Waals surface area (Å²) in [6.45, 7) is -3.59. The van der Waals surface area contributed by atoms with Crippen molar-refractivity contribution in [1.82, 2.24) is 0 Å². The number of hydrogen-bond donors (Lipinski definition) is 1. The van der Waals surface area contributed by atoms with Crippen molar-refractivity contribution < 1.29 is 32.9 Å². The molecule has 132 valence electrons. The summed E-state index contributed by atoms with van der Waals surface area (Å²) < 4.78 is 39.2. The molecule has 2 heterocycles. The molecule has 0 amide bonds. The second-order valence-corrected chi connectivity index (χ2v) is 10.7. The van der Waals surface area contributed by atoms with Crippen LogP contribution in [-0.2, 0) is 28.0 Å². The fraction of sp³-hybridized carbons (Fsp3) is 1.00. The minimum absolute atomic E-state index is 0.0504. The van der Waals surface area contributed by atoms with Crippen LogP contribution in [0.25, 0.3) is 0 Å². The van der Waals surface area contributed by atoms with Crippen molar-refractivity contribution in [2.75, 3.05) is 26.6 Å². The van der Waals surface area contributed by atoms with Crippen LogP contribution in [0.15, 0.2) is 0 Å². The molecule has 23 heavy (non-hydrogen) atoms. The van der Waals surface area contributed by atoms with Gasteiger partial charge < -0.3 is 23.8 Å². The van der Waals surface area contributed by atoms with Gasteiger partial charge in [0.15, 0.2) is 0 Å². The Morgan fingerprint density at radius 2 is 2.04 bits per heavy atom. The third kappa shape index (κ3) is 6.11. The second-order valence-electron chi connectivity index (χ2n) is 5.41. The van der Waals surface area contributed by atoms with Gasteiger partial charge in [-0.3, -0.25) is 4.52 Å². The van der Waals surface area contributed by atoms with Crippen molar-refractivity contribution in [1.29, 1.82) is 0 Å². The first-order valence-electron chi connectivity index (χ1n) is 7.22. The molecule has 7 nitrogen and oxygen atoms in total. The SMILES string of the molecule is [B][C@H]1C[C@@H](OP(=O)(O)SCC2O[C@@H](I)C[C@H]2OC)C(COC)O1. The Bertz CT molecular complexity index is 434. The second kappa shape index (κ2) is 9.18. The maximum atomic E-state index is 12.3. The van der Waals surface area contributed by atoms with E-state index in [9.17, 15) is 9.46 Å². The number of methoxy groups -OCH3 is 2. The van der Waals surface area contributed by atoms with E-state index in [1.54, 1.807) is 7.11 Å². The smallest absolute Gasteiger partial charge is 0.382 e. The van der Waals surface area contributed by atoms with Gasteiger partial charge in [-0.15, -0.1) is 0 Å². The van der Waals surface area contributed by atoms with Crippen molar-refractivity contribution in [2.45, 2.75) is 47.4 Å². The lowest BCUT2D eigenvalue weighted by molar-refractivity contribution is -0.0115. The minimum atomic E-state index is -3.85. The highest BCUT2D eigenvalue weighted by atomic mass is 127. The maximum Gasteiger partial charge on any atom is 0.387 e. The van der Waals surface area contributed by atoms with Gasteiger partial charge in [-0.05, 0) is 17.8 Å². The van der Waals surface area contributed by atoms with Gasteiger partial charge in [-0.2, -0.15) is 0 Å². The van der Waals surface area contributed by atoms with Gasteiger partial charge in [0.25, 0.3) is 0 Å². The number of hydrogen-bond acceptors (Lipinski definition) is 7. The van der Waals surface area contributed by atoms with Gasteiger partial charge in [0, 0.05) is 32.4 Å². The summed E-state index contributed by atoms with van der Waals surface area (Å²) in [4.78, 5) is 10.1. The summed E-state index contributed by atoms with van der Waals surface area (Å²) in [6.07, 6.45) is -0.185. The zero-order valence-electron chi connectivity index (χ0n) is 13.0. The Hall–Kier alpha value is 1.13. The molecule has 7 atom stereocenters.